The van der Waals surface area contributed by atoms with Crippen molar-refractivity contribution in [1.29, 1.82) is 0 Å². The Morgan fingerprint density at radius 2 is 2.35 bits per heavy atom. The maximum atomic E-state index is 5.66. The molecule has 17 heavy (non-hydrogen) atoms. The van der Waals surface area contributed by atoms with Gasteiger partial charge in [0.15, 0.2) is 0 Å². The molecule has 1 atom stereocenters. The SMILES string of the molecule is CCOCC(C)OCc1cc(C#CCN)cs1. The second-order valence-electron chi connectivity index (χ2n) is 3.59. The Bertz CT molecular complexity index is 378. The van der Waals surface area contributed by atoms with E-state index in [0.29, 0.717) is 19.8 Å². The molecule has 0 spiro atoms. The lowest BCUT2D eigenvalue weighted by Crippen LogP contribution is -2.15. The molecule has 4 heteroatoms. The highest BCUT2D eigenvalue weighted by molar-refractivity contribution is 7.10. The zero-order valence-electron chi connectivity index (χ0n) is 10.4. The Hall–Kier alpha value is -0.860. The number of ether oxygens (including phenoxy) is 2. The lowest BCUT2D eigenvalue weighted by atomic mass is 10.3. The normalized spacial score (nSPS) is 11.9. The van der Waals surface area contributed by atoms with Gasteiger partial charge >= 0.3 is 0 Å². The third-order valence-corrected chi connectivity index (χ3v) is 2.97. The van der Waals surface area contributed by atoms with Crippen LogP contribution in [0.3, 0.4) is 0 Å². The van der Waals surface area contributed by atoms with Gasteiger partial charge in [0.2, 0.25) is 0 Å². The van der Waals surface area contributed by atoms with Gasteiger partial charge < -0.3 is 15.2 Å². The zero-order valence-corrected chi connectivity index (χ0v) is 11.2. The van der Waals surface area contributed by atoms with Crippen LogP contribution in [-0.4, -0.2) is 25.9 Å². The van der Waals surface area contributed by atoms with Crippen molar-refractivity contribution in [1.82, 2.24) is 0 Å². The molecule has 1 aromatic rings. The maximum absolute atomic E-state index is 5.66. The molecule has 1 aromatic heterocycles. The average Bonchev–Trinajstić information content (AvgIpc) is 2.79. The van der Waals surface area contributed by atoms with Gasteiger partial charge in [0.25, 0.3) is 0 Å². The lowest BCUT2D eigenvalue weighted by Gasteiger charge is -2.11. The Morgan fingerprint density at radius 1 is 1.53 bits per heavy atom. The average molecular weight is 253 g/mol. The van der Waals surface area contributed by atoms with Crippen LogP contribution in [-0.2, 0) is 16.1 Å². The Kier molecular flexibility index (Phi) is 6.90. The summed E-state index contributed by atoms with van der Waals surface area (Å²) in [6.07, 6.45) is 0.121. The van der Waals surface area contributed by atoms with Gasteiger partial charge in [-0.3, -0.25) is 0 Å². The topological polar surface area (TPSA) is 44.5 Å². The smallest absolute Gasteiger partial charge is 0.0814 e. The second kappa shape index (κ2) is 8.26. The lowest BCUT2D eigenvalue weighted by molar-refractivity contribution is -0.0107. The first-order valence-corrected chi connectivity index (χ1v) is 6.60. The summed E-state index contributed by atoms with van der Waals surface area (Å²) in [6.45, 7) is 6.37. The largest absolute Gasteiger partial charge is 0.379 e. The first-order chi connectivity index (χ1) is 8.26. The summed E-state index contributed by atoms with van der Waals surface area (Å²) in [5, 5.41) is 2.02. The van der Waals surface area contributed by atoms with E-state index in [1.54, 1.807) is 11.3 Å². The van der Waals surface area contributed by atoms with Gasteiger partial charge in [-0.2, -0.15) is 0 Å². The van der Waals surface area contributed by atoms with Crippen molar-refractivity contribution in [2.24, 2.45) is 5.73 Å². The fourth-order valence-corrected chi connectivity index (χ4v) is 1.97. The van der Waals surface area contributed by atoms with Crippen molar-refractivity contribution < 1.29 is 9.47 Å². The number of hydrogen-bond acceptors (Lipinski definition) is 4. The predicted molar refractivity (Wildman–Crippen MR) is 71.0 cm³/mol. The van der Waals surface area contributed by atoms with Crippen molar-refractivity contribution in [3.8, 4) is 11.8 Å². The summed E-state index contributed by atoms with van der Waals surface area (Å²) >= 11 is 1.66. The molecule has 0 saturated heterocycles. The number of hydrogen-bond donors (Lipinski definition) is 1. The van der Waals surface area contributed by atoms with Crippen LogP contribution in [0.1, 0.15) is 24.3 Å². The van der Waals surface area contributed by atoms with E-state index in [1.807, 2.05) is 25.3 Å². The summed E-state index contributed by atoms with van der Waals surface area (Å²) in [5.41, 5.74) is 6.33. The van der Waals surface area contributed by atoms with Crippen molar-refractivity contribution in [2.45, 2.75) is 26.6 Å². The van der Waals surface area contributed by atoms with E-state index in [-0.39, 0.29) is 6.10 Å². The summed E-state index contributed by atoms with van der Waals surface area (Å²) in [6, 6.07) is 2.04. The predicted octanol–water partition coefficient (Wildman–Crippen LogP) is 2.00. The highest BCUT2D eigenvalue weighted by Crippen LogP contribution is 2.15. The number of rotatable bonds is 6. The quantitative estimate of drug-likeness (QED) is 0.789. The van der Waals surface area contributed by atoms with E-state index >= 15 is 0 Å². The molecule has 1 rings (SSSR count). The van der Waals surface area contributed by atoms with Gasteiger partial charge in [-0.15, -0.1) is 11.3 Å². The molecular formula is C13H19NO2S. The molecule has 0 bridgehead atoms. The van der Waals surface area contributed by atoms with E-state index in [2.05, 4.69) is 11.8 Å². The fraction of sp³-hybridized carbons (Fsp3) is 0.538. The van der Waals surface area contributed by atoms with Crippen LogP contribution in [0.15, 0.2) is 11.4 Å². The third-order valence-electron chi connectivity index (χ3n) is 2.06. The second-order valence-corrected chi connectivity index (χ2v) is 4.58. The molecule has 94 valence electrons. The van der Waals surface area contributed by atoms with Gasteiger partial charge in [-0.05, 0) is 19.9 Å². The van der Waals surface area contributed by atoms with Gasteiger partial charge in [0, 0.05) is 22.4 Å². The summed E-state index contributed by atoms with van der Waals surface area (Å²) in [4.78, 5) is 1.18. The van der Waals surface area contributed by atoms with E-state index in [9.17, 15) is 0 Å². The van der Waals surface area contributed by atoms with E-state index in [0.717, 1.165) is 12.2 Å². The highest BCUT2D eigenvalue weighted by atomic mass is 32.1. The molecule has 1 unspecified atom stereocenters. The molecule has 0 amide bonds. The van der Waals surface area contributed by atoms with Crippen molar-refractivity contribution in [3.63, 3.8) is 0 Å². The van der Waals surface area contributed by atoms with Crippen LogP contribution in [0.5, 0.6) is 0 Å². The molecule has 0 aliphatic heterocycles. The molecule has 0 aromatic carbocycles. The zero-order chi connectivity index (χ0) is 12.5. The summed E-state index contributed by atoms with van der Waals surface area (Å²) in [5.74, 6) is 5.84. The van der Waals surface area contributed by atoms with Crippen LogP contribution in [0.2, 0.25) is 0 Å². The van der Waals surface area contributed by atoms with Gasteiger partial charge in [0.1, 0.15) is 0 Å². The Balaban J connectivity index is 2.34. The molecule has 3 nitrogen and oxygen atoms in total. The van der Waals surface area contributed by atoms with Crippen LogP contribution in [0, 0.1) is 11.8 Å². The molecule has 0 radical (unpaired) electrons. The summed E-state index contributed by atoms with van der Waals surface area (Å²) in [7, 11) is 0. The van der Waals surface area contributed by atoms with Crippen LogP contribution < -0.4 is 5.73 Å². The van der Waals surface area contributed by atoms with Gasteiger partial charge in [0.05, 0.1) is 25.9 Å². The highest BCUT2D eigenvalue weighted by Gasteiger charge is 2.04. The van der Waals surface area contributed by atoms with Crippen LogP contribution in [0.25, 0.3) is 0 Å². The van der Waals surface area contributed by atoms with Crippen molar-refractivity contribution in [2.75, 3.05) is 19.8 Å². The van der Waals surface area contributed by atoms with Gasteiger partial charge in [-0.25, -0.2) is 0 Å². The molecule has 0 fully saturated rings. The number of thiophene rings is 1. The minimum absolute atomic E-state index is 0.121. The molecule has 1 heterocycles. The minimum Gasteiger partial charge on any atom is -0.379 e. The summed E-state index contributed by atoms with van der Waals surface area (Å²) < 4.78 is 10.9. The maximum Gasteiger partial charge on any atom is 0.0814 e. The van der Waals surface area contributed by atoms with E-state index in [4.69, 9.17) is 15.2 Å². The number of nitrogens with two attached hydrogens (primary N) is 1. The van der Waals surface area contributed by atoms with Crippen LogP contribution >= 0.6 is 11.3 Å². The Morgan fingerprint density at radius 3 is 3.06 bits per heavy atom. The van der Waals surface area contributed by atoms with Crippen molar-refractivity contribution >= 4 is 11.3 Å². The van der Waals surface area contributed by atoms with Crippen LogP contribution in [0.4, 0.5) is 0 Å². The minimum atomic E-state index is 0.121. The fourth-order valence-electron chi connectivity index (χ4n) is 1.23. The molecular weight excluding hydrogens is 234 g/mol. The molecule has 0 aliphatic carbocycles. The monoisotopic (exact) mass is 253 g/mol. The van der Waals surface area contributed by atoms with E-state index in [1.165, 1.54) is 4.88 Å². The first-order valence-electron chi connectivity index (χ1n) is 5.72. The van der Waals surface area contributed by atoms with Gasteiger partial charge in [-0.1, -0.05) is 11.8 Å². The molecule has 0 saturated carbocycles. The first kappa shape index (κ1) is 14.2. The molecule has 2 N–H and O–H groups in total. The van der Waals surface area contributed by atoms with E-state index < -0.39 is 0 Å². The molecule has 0 aliphatic rings. The van der Waals surface area contributed by atoms with Crippen molar-refractivity contribution in [3.05, 3.63) is 21.9 Å². The standard InChI is InChI=1S/C13H19NO2S/c1-3-15-8-11(2)16-9-13-7-12(10-17-13)5-4-6-14/h7,10-11H,3,6,8-9,14H2,1-2H3. The Labute approximate surface area is 107 Å². The third kappa shape index (κ3) is 5.85.